The highest BCUT2D eigenvalue weighted by Crippen LogP contribution is 2.29. The van der Waals surface area contributed by atoms with E-state index in [-0.39, 0.29) is 18.4 Å². The van der Waals surface area contributed by atoms with Crippen molar-refractivity contribution in [1.82, 2.24) is 15.1 Å². The Morgan fingerprint density at radius 1 is 1.15 bits per heavy atom. The van der Waals surface area contributed by atoms with Crippen LogP contribution >= 0.6 is 0 Å². The average Bonchev–Trinajstić information content (AvgIpc) is 3.11. The minimum atomic E-state index is -4.38. The van der Waals surface area contributed by atoms with Crippen LogP contribution in [0.2, 0.25) is 0 Å². The van der Waals surface area contributed by atoms with Gasteiger partial charge in [0.05, 0.1) is 25.6 Å². The second kappa shape index (κ2) is 7.81. The summed E-state index contributed by atoms with van der Waals surface area (Å²) in [6.45, 7) is 0.918. The number of ether oxygens (including phenoxy) is 2. The number of halogens is 3. The monoisotopic (exact) mass is 381 g/mol. The van der Waals surface area contributed by atoms with E-state index in [1.54, 1.807) is 17.0 Å². The van der Waals surface area contributed by atoms with E-state index in [1.807, 2.05) is 0 Å². The number of methoxy groups -OCH3 is 1. The van der Waals surface area contributed by atoms with Crippen molar-refractivity contribution >= 4 is 5.91 Å². The molecule has 1 saturated heterocycles. The lowest BCUT2D eigenvalue weighted by atomic mass is 10.1. The number of alkyl halides is 3. The molecule has 0 N–H and O–H groups in total. The number of amides is 1. The van der Waals surface area contributed by atoms with Gasteiger partial charge in [-0.1, -0.05) is 12.1 Å². The standard InChI is InChI=1S/C18H18F3N3O3/c1-26-15-6-7-16(23-22-15)27-14-8-9-24(11-14)17(25)10-12-2-4-13(5-3-12)18(19,20)21/h2-7,14H,8-11H2,1H3. The van der Waals surface area contributed by atoms with E-state index < -0.39 is 11.7 Å². The number of hydrogen-bond acceptors (Lipinski definition) is 5. The maximum Gasteiger partial charge on any atom is 0.416 e. The van der Waals surface area contributed by atoms with Crippen molar-refractivity contribution in [3.05, 3.63) is 47.5 Å². The molecule has 0 radical (unpaired) electrons. The summed E-state index contributed by atoms with van der Waals surface area (Å²) in [5, 5.41) is 7.70. The van der Waals surface area contributed by atoms with Crippen LogP contribution in [0.5, 0.6) is 11.8 Å². The smallest absolute Gasteiger partial charge is 0.416 e. The van der Waals surface area contributed by atoms with Crippen LogP contribution < -0.4 is 9.47 Å². The number of rotatable bonds is 5. The summed E-state index contributed by atoms with van der Waals surface area (Å²) in [5.74, 6) is 0.571. The molecule has 1 amide bonds. The van der Waals surface area contributed by atoms with Crippen molar-refractivity contribution in [2.24, 2.45) is 0 Å². The minimum absolute atomic E-state index is 0.0488. The van der Waals surface area contributed by atoms with Crippen LogP contribution in [-0.2, 0) is 17.4 Å². The van der Waals surface area contributed by atoms with Crippen molar-refractivity contribution < 1.29 is 27.4 Å². The van der Waals surface area contributed by atoms with Gasteiger partial charge < -0.3 is 14.4 Å². The van der Waals surface area contributed by atoms with E-state index in [0.717, 1.165) is 12.1 Å². The van der Waals surface area contributed by atoms with E-state index in [9.17, 15) is 18.0 Å². The molecule has 0 aliphatic carbocycles. The Labute approximate surface area is 153 Å². The highest BCUT2D eigenvalue weighted by molar-refractivity contribution is 5.79. The number of aromatic nitrogens is 2. The number of carbonyl (C=O) groups is 1. The van der Waals surface area contributed by atoms with Gasteiger partial charge in [-0.2, -0.15) is 13.2 Å². The summed E-state index contributed by atoms with van der Waals surface area (Å²) in [5.41, 5.74) is -0.188. The van der Waals surface area contributed by atoms with Gasteiger partial charge in [-0.3, -0.25) is 4.79 Å². The van der Waals surface area contributed by atoms with Crippen molar-refractivity contribution in [3.63, 3.8) is 0 Å². The van der Waals surface area contributed by atoms with Crippen LogP contribution in [0.1, 0.15) is 17.5 Å². The van der Waals surface area contributed by atoms with Crippen molar-refractivity contribution in [1.29, 1.82) is 0 Å². The molecule has 0 bridgehead atoms. The fourth-order valence-electron chi connectivity index (χ4n) is 2.80. The quantitative estimate of drug-likeness (QED) is 0.797. The van der Waals surface area contributed by atoms with Crippen LogP contribution in [0, 0.1) is 0 Å². The Hall–Kier alpha value is -2.84. The van der Waals surface area contributed by atoms with E-state index >= 15 is 0 Å². The molecule has 0 spiro atoms. The molecule has 2 heterocycles. The first kappa shape index (κ1) is 18.9. The van der Waals surface area contributed by atoms with Crippen LogP contribution in [-0.4, -0.2) is 47.3 Å². The summed E-state index contributed by atoms with van der Waals surface area (Å²) in [7, 11) is 1.49. The van der Waals surface area contributed by atoms with E-state index in [4.69, 9.17) is 9.47 Å². The third-order valence-corrected chi connectivity index (χ3v) is 4.25. The maximum absolute atomic E-state index is 12.6. The first-order valence-electron chi connectivity index (χ1n) is 8.33. The van der Waals surface area contributed by atoms with Crippen LogP contribution in [0.3, 0.4) is 0 Å². The highest BCUT2D eigenvalue weighted by atomic mass is 19.4. The molecule has 1 aliphatic rings. The van der Waals surface area contributed by atoms with Gasteiger partial charge in [-0.15, -0.1) is 10.2 Å². The molecule has 27 heavy (non-hydrogen) atoms. The molecule has 1 aromatic heterocycles. The summed E-state index contributed by atoms with van der Waals surface area (Å²) in [6, 6.07) is 7.90. The summed E-state index contributed by atoms with van der Waals surface area (Å²) in [4.78, 5) is 14.0. The van der Waals surface area contributed by atoms with Crippen molar-refractivity contribution in [2.75, 3.05) is 20.2 Å². The molecule has 3 rings (SSSR count). The number of carbonyl (C=O) groups excluding carboxylic acids is 1. The maximum atomic E-state index is 12.6. The molecule has 144 valence electrons. The Morgan fingerprint density at radius 3 is 2.41 bits per heavy atom. The third-order valence-electron chi connectivity index (χ3n) is 4.25. The fraction of sp³-hybridized carbons (Fsp3) is 0.389. The molecule has 1 fully saturated rings. The van der Waals surface area contributed by atoms with Crippen molar-refractivity contribution in [2.45, 2.75) is 25.1 Å². The first-order valence-corrected chi connectivity index (χ1v) is 8.33. The van der Waals surface area contributed by atoms with Gasteiger partial charge in [0.2, 0.25) is 17.7 Å². The van der Waals surface area contributed by atoms with Gasteiger partial charge in [0.1, 0.15) is 6.10 Å². The SMILES string of the molecule is COc1ccc(OC2CCN(C(=O)Cc3ccc(C(F)(F)F)cc3)C2)nn1. The Bertz CT molecular complexity index is 779. The topological polar surface area (TPSA) is 64.6 Å². The third kappa shape index (κ3) is 4.87. The second-order valence-electron chi connectivity index (χ2n) is 6.15. The fourth-order valence-corrected chi connectivity index (χ4v) is 2.80. The van der Waals surface area contributed by atoms with Gasteiger partial charge >= 0.3 is 6.18 Å². The average molecular weight is 381 g/mol. The Kier molecular flexibility index (Phi) is 5.48. The molecule has 0 saturated carbocycles. The van der Waals surface area contributed by atoms with E-state index in [1.165, 1.54) is 19.2 Å². The molecule has 9 heteroatoms. The number of nitrogens with zero attached hydrogens (tertiary/aromatic N) is 3. The molecule has 6 nitrogen and oxygen atoms in total. The number of likely N-dealkylation sites (tertiary alicyclic amines) is 1. The summed E-state index contributed by atoms with van der Waals surface area (Å²) in [6.07, 6.45) is -3.89. The molecular weight excluding hydrogens is 363 g/mol. The van der Waals surface area contributed by atoms with Crippen LogP contribution in [0.4, 0.5) is 13.2 Å². The van der Waals surface area contributed by atoms with Gasteiger partial charge in [0, 0.05) is 25.1 Å². The van der Waals surface area contributed by atoms with Gasteiger partial charge in [0.15, 0.2) is 0 Å². The first-order chi connectivity index (χ1) is 12.8. The van der Waals surface area contributed by atoms with Gasteiger partial charge in [0.25, 0.3) is 0 Å². The van der Waals surface area contributed by atoms with Crippen LogP contribution in [0.15, 0.2) is 36.4 Å². The molecular formula is C18H18F3N3O3. The molecule has 1 aliphatic heterocycles. The van der Waals surface area contributed by atoms with Crippen molar-refractivity contribution in [3.8, 4) is 11.8 Å². The van der Waals surface area contributed by atoms with E-state index in [2.05, 4.69) is 10.2 Å². The number of hydrogen-bond donors (Lipinski definition) is 0. The molecule has 1 atom stereocenters. The van der Waals surface area contributed by atoms with E-state index in [0.29, 0.717) is 36.8 Å². The lowest BCUT2D eigenvalue weighted by Crippen LogP contribution is -2.32. The summed E-state index contributed by atoms with van der Waals surface area (Å²) < 4.78 is 48.4. The predicted molar refractivity (Wildman–Crippen MR) is 89.3 cm³/mol. The largest absolute Gasteiger partial charge is 0.480 e. The molecule has 2 aromatic rings. The Morgan fingerprint density at radius 2 is 1.81 bits per heavy atom. The molecule has 1 unspecified atom stereocenters. The van der Waals surface area contributed by atoms with Gasteiger partial charge in [-0.25, -0.2) is 0 Å². The predicted octanol–water partition coefficient (Wildman–Crippen LogP) is 2.73. The molecule has 1 aromatic carbocycles. The lowest BCUT2D eigenvalue weighted by Gasteiger charge is -2.17. The lowest BCUT2D eigenvalue weighted by molar-refractivity contribution is -0.137. The Balaban J connectivity index is 1.52. The zero-order valence-electron chi connectivity index (χ0n) is 14.6. The number of benzene rings is 1. The highest BCUT2D eigenvalue weighted by Gasteiger charge is 2.31. The second-order valence-corrected chi connectivity index (χ2v) is 6.15. The summed E-state index contributed by atoms with van der Waals surface area (Å²) >= 11 is 0. The van der Waals surface area contributed by atoms with Gasteiger partial charge in [-0.05, 0) is 17.7 Å². The zero-order valence-corrected chi connectivity index (χ0v) is 14.6. The normalized spacial score (nSPS) is 17.0. The zero-order chi connectivity index (χ0) is 19.4. The minimum Gasteiger partial charge on any atom is -0.480 e. The van der Waals surface area contributed by atoms with Crippen LogP contribution in [0.25, 0.3) is 0 Å².